The Kier molecular flexibility index (Phi) is 9.58. The average molecular weight is 601 g/mol. The summed E-state index contributed by atoms with van der Waals surface area (Å²) >= 11 is 0. The number of aromatic nitrogens is 1. The average Bonchev–Trinajstić information content (AvgIpc) is 3.84. The highest BCUT2D eigenvalue weighted by atomic mass is 32.2. The molecule has 0 radical (unpaired) electrons. The van der Waals surface area contributed by atoms with Gasteiger partial charge in [0.05, 0.1) is 4.90 Å². The van der Waals surface area contributed by atoms with Gasteiger partial charge in [0.1, 0.15) is 11.9 Å². The van der Waals surface area contributed by atoms with Crippen molar-refractivity contribution in [3.05, 3.63) is 131 Å². The number of amides is 2. The number of carbonyl (C=O) groups is 2. The van der Waals surface area contributed by atoms with Crippen LogP contribution in [0.5, 0.6) is 0 Å². The highest BCUT2D eigenvalue weighted by molar-refractivity contribution is 7.89. The SMILES string of the molecule is O=C(NCc1ccncc1)C(c1ccccc1)N(Cc1ccc(F)cc1)C(=O)CCc1ccc(S(=O)(=O)NC2CC2)cc1. The van der Waals surface area contributed by atoms with Crippen molar-refractivity contribution < 1.29 is 22.4 Å². The first kappa shape index (κ1) is 30.1. The number of nitrogens with zero attached hydrogens (tertiary/aromatic N) is 2. The van der Waals surface area contributed by atoms with Crippen LogP contribution < -0.4 is 10.0 Å². The molecular formula is C33H33FN4O4S. The molecule has 1 atom stereocenters. The fraction of sp³-hybridized carbons (Fsp3) is 0.242. The van der Waals surface area contributed by atoms with E-state index in [1.54, 1.807) is 73.1 Å². The molecule has 1 aliphatic rings. The van der Waals surface area contributed by atoms with Gasteiger partial charge in [0, 0.05) is 37.9 Å². The van der Waals surface area contributed by atoms with Crippen molar-refractivity contribution in [2.45, 2.75) is 55.8 Å². The first-order valence-electron chi connectivity index (χ1n) is 14.2. The number of benzene rings is 3. The summed E-state index contributed by atoms with van der Waals surface area (Å²) in [5.41, 5.74) is 2.97. The topological polar surface area (TPSA) is 108 Å². The van der Waals surface area contributed by atoms with Gasteiger partial charge in [-0.2, -0.15) is 0 Å². The third kappa shape index (κ3) is 8.33. The third-order valence-electron chi connectivity index (χ3n) is 7.24. The van der Waals surface area contributed by atoms with Crippen LogP contribution in [0, 0.1) is 5.82 Å². The Morgan fingerprint density at radius 3 is 2.16 bits per heavy atom. The van der Waals surface area contributed by atoms with E-state index < -0.39 is 21.9 Å². The molecule has 5 rings (SSSR count). The molecular weight excluding hydrogens is 567 g/mol. The van der Waals surface area contributed by atoms with Gasteiger partial charge in [0.25, 0.3) is 0 Å². The number of sulfonamides is 1. The standard InChI is InChI=1S/C33H33FN4O4S/c34-28-11-6-26(7-12-28)23-38(31(39)17-10-24-8-15-30(16-9-24)43(41,42)37-29-13-14-29)32(27-4-2-1-3-5-27)33(40)36-22-25-18-20-35-21-19-25/h1-9,11-12,15-16,18-21,29,32,37H,10,13-14,17,22-23H2,(H,36,40). The zero-order chi connectivity index (χ0) is 30.2. The minimum absolute atomic E-state index is 0.00819. The zero-order valence-electron chi connectivity index (χ0n) is 23.5. The first-order valence-corrected chi connectivity index (χ1v) is 15.6. The van der Waals surface area contributed by atoms with E-state index in [9.17, 15) is 22.4 Å². The van der Waals surface area contributed by atoms with E-state index in [-0.39, 0.29) is 42.3 Å². The Balaban J connectivity index is 1.37. The van der Waals surface area contributed by atoms with Gasteiger partial charge in [-0.25, -0.2) is 17.5 Å². The van der Waals surface area contributed by atoms with Gasteiger partial charge >= 0.3 is 0 Å². The van der Waals surface area contributed by atoms with Gasteiger partial charge < -0.3 is 10.2 Å². The number of halogens is 1. The van der Waals surface area contributed by atoms with Crippen molar-refractivity contribution in [3.63, 3.8) is 0 Å². The molecule has 43 heavy (non-hydrogen) atoms. The molecule has 1 aromatic heterocycles. The molecule has 0 aliphatic heterocycles. The minimum atomic E-state index is -3.57. The molecule has 3 aromatic carbocycles. The Hall–Kier alpha value is -4.41. The van der Waals surface area contributed by atoms with Crippen molar-refractivity contribution >= 4 is 21.8 Å². The highest BCUT2D eigenvalue weighted by Gasteiger charge is 2.31. The maximum atomic E-state index is 13.9. The smallest absolute Gasteiger partial charge is 0.247 e. The first-order chi connectivity index (χ1) is 20.8. The zero-order valence-corrected chi connectivity index (χ0v) is 24.3. The predicted molar refractivity (Wildman–Crippen MR) is 160 cm³/mol. The lowest BCUT2D eigenvalue weighted by Crippen LogP contribution is -2.43. The van der Waals surface area contributed by atoms with E-state index in [0.717, 1.165) is 24.0 Å². The summed E-state index contributed by atoms with van der Waals surface area (Å²) in [6, 6.07) is 24.1. The van der Waals surface area contributed by atoms with E-state index in [1.807, 2.05) is 18.2 Å². The largest absolute Gasteiger partial charge is 0.350 e. The lowest BCUT2D eigenvalue weighted by atomic mass is 10.0. The molecule has 8 nitrogen and oxygen atoms in total. The summed E-state index contributed by atoms with van der Waals surface area (Å²) in [4.78, 5) is 33.4. The Labute approximate surface area is 251 Å². The van der Waals surface area contributed by atoms with E-state index >= 15 is 0 Å². The van der Waals surface area contributed by atoms with Crippen LogP contribution in [-0.4, -0.2) is 36.2 Å². The van der Waals surface area contributed by atoms with Crippen LogP contribution in [0.4, 0.5) is 4.39 Å². The summed E-state index contributed by atoms with van der Waals surface area (Å²) in [7, 11) is -3.57. The van der Waals surface area contributed by atoms with Crippen molar-refractivity contribution in [1.29, 1.82) is 0 Å². The van der Waals surface area contributed by atoms with Gasteiger partial charge in [-0.05, 0) is 77.9 Å². The molecule has 1 aliphatic carbocycles. The van der Waals surface area contributed by atoms with Gasteiger partial charge in [-0.15, -0.1) is 0 Å². The quantitative estimate of drug-likeness (QED) is 0.232. The normalized spacial score (nSPS) is 13.7. The summed E-state index contributed by atoms with van der Waals surface area (Å²) in [6.07, 6.45) is 5.40. The van der Waals surface area contributed by atoms with Crippen molar-refractivity contribution in [3.8, 4) is 0 Å². The lowest BCUT2D eigenvalue weighted by Gasteiger charge is -2.32. The van der Waals surface area contributed by atoms with Crippen molar-refractivity contribution in [2.24, 2.45) is 0 Å². The second-order valence-corrected chi connectivity index (χ2v) is 12.3. The molecule has 1 saturated carbocycles. The van der Waals surface area contributed by atoms with Gasteiger partial charge in [-0.1, -0.05) is 54.6 Å². The fourth-order valence-electron chi connectivity index (χ4n) is 4.72. The Morgan fingerprint density at radius 2 is 1.51 bits per heavy atom. The fourth-order valence-corrected chi connectivity index (χ4v) is 6.03. The van der Waals surface area contributed by atoms with Crippen LogP contribution in [0.15, 0.2) is 108 Å². The molecule has 10 heteroatoms. The molecule has 0 saturated heterocycles. The number of carbonyl (C=O) groups excluding carboxylic acids is 2. The number of hydrogen-bond acceptors (Lipinski definition) is 5. The van der Waals surface area contributed by atoms with Crippen LogP contribution >= 0.6 is 0 Å². The molecule has 222 valence electrons. The van der Waals surface area contributed by atoms with Crippen molar-refractivity contribution in [1.82, 2.24) is 19.9 Å². The Morgan fingerprint density at radius 1 is 0.860 bits per heavy atom. The molecule has 1 fully saturated rings. The van der Waals surface area contributed by atoms with Crippen LogP contribution in [0.25, 0.3) is 0 Å². The van der Waals surface area contributed by atoms with Gasteiger partial charge in [0.15, 0.2) is 0 Å². The second kappa shape index (κ2) is 13.7. The van der Waals surface area contributed by atoms with E-state index in [4.69, 9.17) is 0 Å². The van der Waals surface area contributed by atoms with Crippen LogP contribution in [0.1, 0.15) is 47.6 Å². The maximum Gasteiger partial charge on any atom is 0.247 e. The number of pyridine rings is 1. The van der Waals surface area contributed by atoms with E-state index in [2.05, 4.69) is 15.0 Å². The van der Waals surface area contributed by atoms with E-state index in [0.29, 0.717) is 17.5 Å². The summed E-state index contributed by atoms with van der Waals surface area (Å²) < 4.78 is 41.4. The second-order valence-electron chi connectivity index (χ2n) is 10.6. The molecule has 2 amide bonds. The molecule has 1 heterocycles. The van der Waals surface area contributed by atoms with E-state index in [1.165, 1.54) is 17.0 Å². The molecule has 0 spiro atoms. The number of rotatable bonds is 13. The van der Waals surface area contributed by atoms with Gasteiger partial charge in [-0.3, -0.25) is 14.6 Å². The van der Waals surface area contributed by atoms with Gasteiger partial charge in [0.2, 0.25) is 21.8 Å². The molecule has 1 unspecified atom stereocenters. The summed E-state index contributed by atoms with van der Waals surface area (Å²) in [5.74, 6) is -1.02. The maximum absolute atomic E-state index is 13.9. The summed E-state index contributed by atoms with van der Waals surface area (Å²) in [5, 5.41) is 2.96. The predicted octanol–water partition coefficient (Wildman–Crippen LogP) is 4.68. The molecule has 4 aromatic rings. The van der Waals surface area contributed by atoms with Crippen LogP contribution in [0.2, 0.25) is 0 Å². The molecule has 2 N–H and O–H groups in total. The number of nitrogens with one attached hydrogen (secondary N) is 2. The highest BCUT2D eigenvalue weighted by Crippen LogP contribution is 2.26. The van der Waals surface area contributed by atoms with Crippen LogP contribution in [0.3, 0.4) is 0 Å². The number of hydrogen-bond donors (Lipinski definition) is 2. The monoisotopic (exact) mass is 600 g/mol. The number of aryl methyl sites for hydroxylation is 1. The van der Waals surface area contributed by atoms with Crippen molar-refractivity contribution in [2.75, 3.05) is 0 Å². The van der Waals surface area contributed by atoms with Crippen LogP contribution in [-0.2, 0) is 39.1 Å². The molecule has 0 bridgehead atoms. The summed E-state index contributed by atoms with van der Waals surface area (Å²) in [6.45, 7) is 0.347. The minimum Gasteiger partial charge on any atom is -0.350 e. The lowest BCUT2D eigenvalue weighted by molar-refractivity contribution is -0.141. The Bertz CT molecular complexity index is 1630. The third-order valence-corrected chi connectivity index (χ3v) is 8.77.